The van der Waals surface area contributed by atoms with Gasteiger partial charge in [0.2, 0.25) is 0 Å². The predicted octanol–water partition coefficient (Wildman–Crippen LogP) is 4.09. The second-order valence-electron chi connectivity index (χ2n) is 4.45. The number of aliphatic hydroxyl groups is 1. The van der Waals surface area contributed by atoms with E-state index in [2.05, 4.69) is 12.1 Å². The van der Waals surface area contributed by atoms with Gasteiger partial charge in [0.15, 0.2) is 0 Å². The molecule has 98 valence electrons. The van der Waals surface area contributed by atoms with Crippen LogP contribution in [0.1, 0.15) is 17.2 Å². The zero-order valence-corrected chi connectivity index (χ0v) is 12.0. The first kappa shape index (κ1) is 12.9. The maximum atomic E-state index is 10.4. The number of rotatable bonds is 1. The summed E-state index contributed by atoms with van der Waals surface area (Å²) >= 11 is 7.79. The fourth-order valence-corrected chi connectivity index (χ4v) is 3.66. The second-order valence-corrected chi connectivity index (χ2v) is 5.95. The van der Waals surface area contributed by atoms with Gasteiger partial charge in [-0.05, 0) is 29.3 Å². The normalized spacial score (nSPS) is 17.3. The molecular weight excluding hydrogens is 280 g/mol. The molecule has 1 aliphatic rings. The van der Waals surface area contributed by atoms with E-state index in [1.54, 1.807) is 24.9 Å². The number of halogens is 1. The van der Waals surface area contributed by atoms with Crippen molar-refractivity contribution >= 4 is 23.4 Å². The molecule has 1 aliphatic heterocycles. The van der Waals surface area contributed by atoms with E-state index in [4.69, 9.17) is 16.3 Å². The molecule has 1 N–H and O–H groups in total. The molecule has 0 aromatic heterocycles. The van der Waals surface area contributed by atoms with Crippen molar-refractivity contribution < 1.29 is 9.84 Å². The third kappa shape index (κ3) is 2.34. The van der Waals surface area contributed by atoms with Gasteiger partial charge in [-0.15, -0.1) is 0 Å². The molecule has 1 unspecified atom stereocenters. The molecule has 4 heteroatoms. The number of fused-ring (bicyclic) bond motifs is 2. The lowest BCUT2D eigenvalue weighted by molar-refractivity contribution is 0.175. The average Bonchev–Trinajstić information content (AvgIpc) is 2.54. The van der Waals surface area contributed by atoms with Crippen LogP contribution in [0.2, 0.25) is 5.02 Å². The minimum Gasteiger partial charge on any atom is -0.495 e. The highest BCUT2D eigenvalue weighted by molar-refractivity contribution is 7.99. The summed E-state index contributed by atoms with van der Waals surface area (Å²) in [5, 5.41) is 10.9. The van der Waals surface area contributed by atoms with Crippen molar-refractivity contribution in [3.8, 4) is 5.75 Å². The van der Waals surface area contributed by atoms with Crippen LogP contribution in [0.4, 0.5) is 0 Å². The van der Waals surface area contributed by atoms with Gasteiger partial charge in [-0.2, -0.15) is 0 Å². The van der Waals surface area contributed by atoms with Crippen LogP contribution in [0.5, 0.6) is 5.75 Å². The standard InChI is InChI=1S/C15H13ClO2S/c1-18-13-8-15-10(7-11(13)16)12(17)6-9-4-2-3-5-14(9)19-15/h2-5,7-8,12,17H,6H2,1H3. The Bertz CT molecular complexity index is 628. The summed E-state index contributed by atoms with van der Waals surface area (Å²) in [6.45, 7) is 0. The quantitative estimate of drug-likeness (QED) is 0.858. The van der Waals surface area contributed by atoms with Crippen LogP contribution in [-0.4, -0.2) is 12.2 Å². The van der Waals surface area contributed by atoms with E-state index in [9.17, 15) is 5.11 Å². The first-order valence-corrected chi connectivity index (χ1v) is 7.19. The van der Waals surface area contributed by atoms with Crippen LogP contribution >= 0.6 is 23.4 Å². The molecule has 0 saturated heterocycles. The Kier molecular flexibility index (Phi) is 3.44. The molecule has 3 rings (SSSR count). The van der Waals surface area contributed by atoms with Gasteiger partial charge >= 0.3 is 0 Å². The van der Waals surface area contributed by atoms with E-state index in [0.717, 1.165) is 16.0 Å². The Morgan fingerprint density at radius 3 is 2.84 bits per heavy atom. The highest BCUT2D eigenvalue weighted by Gasteiger charge is 2.22. The average molecular weight is 293 g/mol. The van der Waals surface area contributed by atoms with Gasteiger partial charge in [-0.25, -0.2) is 0 Å². The van der Waals surface area contributed by atoms with Crippen LogP contribution in [-0.2, 0) is 6.42 Å². The van der Waals surface area contributed by atoms with E-state index in [1.807, 2.05) is 18.2 Å². The monoisotopic (exact) mass is 292 g/mol. The molecular formula is C15H13ClO2S. The third-order valence-corrected chi connectivity index (χ3v) is 4.74. The number of hydrogen-bond donors (Lipinski definition) is 1. The number of ether oxygens (including phenoxy) is 1. The SMILES string of the molecule is COc1cc2c(cc1Cl)C(O)Cc1ccccc1S2. The summed E-state index contributed by atoms with van der Waals surface area (Å²) in [6.07, 6.45) is 0.0771. The molecule has 2 aromatic carbocycles. The molecule has 0 amide bonds. The summed E-state index contributed by atoms with van der Waals surface area (Å²) in [5.74, 6) is 0.638. The first-order valence-electron chi connectivity index (χ1n) is 6.00. The number of benzene rings is 2. The van der Waals surface area contributed by atoms with Crippen LogP contribution in [0.15, 0.2) is 46.2 Å². The number of methoxy groups -OCH3 is 1. The summed E-state index contributed by atoms with van der Waals surface area (Å²) < 4.78 is 5.25. The van der Waals surface area contributed by atoms with Gasteiger partial charge in [-0.3, -0.25) is 0 Å². The Labute approximate surface area is 121 Å². The highest BCUT2D eigenvalue weighted by Crippen LogP contribution is 2.44. The van der Waals surface area contributed by atoms with Crippen molar-refractivity contribution in [3.63, 3.8) is 0 Å². The zero-order valence-electron chi connectivity index (χ0n) is 10.4. The fourth-order valence-electron chi connectivity index (χ4n) is 2.26. The third-order valence-electron chi connectivity index (χ3n) is 3.25. The summed E-state index contributed by atoms with van der Waals surface area (Å²) in [6, 6.07) is 11.8. The van der Waals surface area contributed by atoms with Gasteiger partial charge in [-0.1, -0.05) is 41.6 Å². The van der Waals surface area contributed by atoms with Gasteiger partial charge in [0.25, 0.3) is 0 Å². The maximum Gasteiger partial charge on any atom is 0.138 e. The first-order chi connectivity index (χ1) is 9.19. The molecule has 0 spiro atoms. The molecule has 0 aliphatic carbocycles. The molecule has 1 atom stereocenters. The van der Waals surface area contributed by atoms with Crippen molar-refractivity contribution in [2.75, 3.05) is 7.11 Å². The summed E-state index contributed by atoms with van der Waals surface area (Å²) in [7, 11) is 1.60. The predicted molar refractivity (Wildman–Crippen MR) is 77.2 cm³/mol. The Balaban J connectivity index is 2.14. The molecule has 19 heavy (non-hydrogen) atoms. The molecule has 0 saturated carbocycles. The van der Waals surface area contributed by atoms with E-state index in [0.29, 0.717) is 17.2 Å². The van der Waals surface area contributed by atoms with Crippen molar-refractivity contribution in [1.82, 2.24) is 0 Å². The minimum atomic E-state index is -0.533. The number of aliphatic hydroxyl groups excluding tert-OH is 1. The molecule has 0 radical (unpaired) electrons. The Morgan fingerprint density at radius 1 is 1.26 bits per heavy atom. The van der Waals surface area contributed by atoms with Crippen LogP contribution in [0.25, 0.3) is 0 Å². The van der Waals surface area contributed by atoms with Gasteiger partial charge in [0.1, 0.15) is 5.75 Å². The summed E-state index contributed by atoms with van der Waals surface area (Å²) in [4.78, 5) is 2.17. The van der Waals surface area contributed by atoms with Crippen LogP contribution in [0, 0.1) is 0 Å². The van der Waals surface area contributed by atoms with E-state index in [-0.39, 0.29) is 0 Å². The van der Waals surface area contributed by atoms with Crippen molar-refractivity contribution in [3.05, 3.63) is 52.5 Å². The van der Waals surface area contributed by atoms with Gasteiger partial charge < -0.3 is 9.84 Å². The van der Waals surface area contributed by atoms with E-state index >= 15 is 0 Å². The van der Waals surface area contributed by atoms with Gasteiger partial charge in [0.05, 0.1) is 18.2 Å². The Morgan fingerprint density at radius 2 is 2.05 bits per heavy atom. The van der Waals surface area contributed by atoms with E-state index < -0.39 is 6.10 Å². The smallest absolute Gasteiger partial charge is 0.138 e. The zero-order chi connectivity index (χ0) is 13.4. The lowest BCUT2D eigenvalue weighted by Crippen LogP contribution is -2.02. The fraction of sp³-hybridized carbons (Fsp3) is 0.200. The highest BCUT2D eigenvalue weighted by atomic mass is 35.5. The molecule has 2 aromatic rings. The van der Waals surface area contributed by atoms with Crippen LogP contribution < -0.4 is 4.74 Å². The Hall–Kier alpha value is -1.16. The largest absolute Gasteiger partial charge is 0.495 e. The molecule has 0 fully saturated rings. The summed E-state index contributed by atoms with van der Waals surface area (Å²) in [5.41, 5.74) is 2.03. The van der Waals surface area contributed by atoms with E-state index in [1.165, 1.54) is 4.90 Å². The maximum absolute atomic E-state index is 10.4. The van der Waals surface area contributed by atoms with Gasteiger partial charge in [0, 0.05) is 16.2 Å². The van der Waals surface area contributed by atoms with Crippen molar-refractivity contribution in [1.29, 1.82) is 0 Å². The van der Waals surface area contributed by atoms with Crippen molar-refractivity contribution in [2.45, 2.75) is 22.3 Å². The number of hydrogen-bond acceptors (Lipinski definition) is 3. The topological polar surface area (TPSA) is 29.5 Å². The van der Waals surface area contributed by atoms with Crippen molar-refractivity contribution in [2.24, 2.45) is 0 Å². The molecule has 2 nitrogen and oxygen atoms in total. The minimum absolute atomic E-state index is 0.533. The lowest BCUT2D eigenvalue weighted by atomic mass is 10.0. The second kappa shape index (κ2) is 5.08. The van der Waals surface area contributed by atoms with Crippen LogP contribution in [0.3, 0.4) is 0 Å². The molecule has 1 heterocycles. The molecule has 0 bridgehead atoms. The lowest BCUT2D eigenvalue weighted by Gasteiger charge is -2.13.